The zero-order chi connectivity index (χ0) is 14.6. The van der Waals surface area contributed by atoms with Crippen LogP contribution in [-0.2, 0) is 10.0 Å². The number of sulfonamides is 1. The lowest BCUT2D eigenvalue weighted by Gasteiger charge is -2.15. The van der Waals surface area contributed by atoms with E-state index in [1.165, 1.54) is 7.05 Å². The van der Waals surface area contributed by atoms with Crippen LogP contribution in [0, 0.1) is 27.3 Å². The predicted octanol–water partition coefficient (Wildman–Crippen LogP) is 1.27. The minimum atomic E-state index is -4.21. The van der Waals surface area contributed by atoms with E-state index in [4.69, 9.17) is 5.26 Å². The van der Waals surface area contributed by atoms with Crippen LogP contribution in [-0.4, -0.2) is 31.2 Å². The fourth-order valence-electron chi connectivity index (χ4n) is 1.38. The lowest BCUT2D eigenvalue weighted by Crippen LogP contribution is -2.28. The lowest BCUT2D eigenvalue weighted by atomic mass is 10.3. The number of rotatable bonds is 5. The summed E-state index contributed by atoms with van der Waals surface area (Å²) in [4.78, 5) is 8.95. The van der Waals surface area contributed by atoms with Gasteiger partial charge >= 0.3 is 5.69 Å². The van der Waals surface area contributed by atoms with Gasteiger partial charge < -0.3 is 0 Å². The van der Waals surface area contributed by atoms with Gasteiger partial charge in [-0.1, -0.05) is 6.07 Å². The van der Waals surface area contributed by atoms with Crippen LogP contribution in [0.4, 0.5) is 10.1 Å². The number of para-hydroxylation sites is 1. The van der Waals surface area contributed by atoms with Crippen molar-refractivity contribution in [2.45, 2.75) is 11.3 Å². The average molecular weight is 287 g/mol. The van der Waals surface area contributed by atoms with Crippen molar-refractivity contribution in [2.75, 3.05) is 13.6 Å². The third-order valence-electron chi connectivity index (χ3n) is 2.36. The SMILES string of the molecule is CN(CCC#N)S(=O)(=O)c1cccc(F)c1[N+](=O)[O-]. The summed E-state index contributed by atoms with van der Waals surface area (Å²) in [6, 6.07) is 4.60. The van der Waals surface area contributed by atoms with Crippen LogP contribution >= 0.6 is 0 Å². The van der Waals surface area contributed by atoms with Gasteiger partial charge in [-0.25, -0.2) is 8.42 Å². The van der Waals surface area contributed by atoms with Crippen molar-refractivity contribution in [1.82, 2.24) is 4.31 Å². The monoisotopic (exact) mass is 287 g/mol. The Kier molecular flexibility index (Phi) is 4.52. The maximum Gasteiger partial charge on any atom is 0.324 e. The quantitative estimate of drug-likeness (QED) is 0.599. The highest BCUT2D eigenvalue weighted by Crippen LogP contribution is 2.28. The first-order valence-corrected chi connectivity index (χ1v) is 6.52. The Bertz CT molecular complexity index is 639. The Balaban J connectivity index is 3.34. The summed E-state index contributed by atoms with van der Waals surface area (Å²) in [5.41, 5.74) is -1.09. The number of halogens is 1. The molecule has 0 N–H and O–H groups in total. The molecule has 9 heteroatoms. The smallest absolute Gasteiger partial charge is 0.258 e. The van der Waals surface area contributed by atoms with Crippen LogP contribution in [0.5, 0.6) is 0 Å². The Morgan fingerprint density at radius 2 is 2.16 bits per heavy atom. The fourth-order valence-corrected chi connectivity index (χ4v) is 2.71. The molecule has 7 nitrogen and oxygen atoms in total. The minimum absolute atomic E-state index is 0.0706. The highest BCUT2D eigenvalue weighted by molar-refractivity contribution is 7.89. The van der Waals surface area contributed by atoms with E-state index in [1.54, 1.807) is 6.07 Å². The molecule has 0 atom stereocenters. The molecule has 0 amide bonds. The van der Waals surface area contributed by atoms with E-state index in [9.17, 15) is 22.9 Å². The van der Waals surface area contributed by atoms with Gasteiger partial charge in [-0.15, -0.1) is 0 Å². The third kappa shape index (κ3) is 3.04. The van der Waals surface area contributed by atoms with Gasteiger partial charge in [-0.3, -0.25) is 10.1 Å². The molecular formula is C10H10FN3O4S. The van der Waals surface area contributed by atoms with E-state index < -0.39 is 31.3 Å². The summed E-state index contributed by atoms with van der Waals surface area (Å²) in [5.74, 6) is -1.22. The molecule has 0 saturated heterocycles. The molecule has 0 radical (unpaired) electrons. The molecule has 1 aromatic rings. The molecule has 0 bridgehead atoms. The highest BCUT2D eigenvalue weighted by atomic mass is 32.2. The normalized spacial score (nSPS) is 11.3. The number of nitro benzene ring substituents is 1. The van der Waals surface area contributed by atoms with Gasteiger partial charge in [0.05, 0.1) is 11.0 Å². The van der Waals surface area contributed by atoms with Crippen LogP contribution in [0.1, 0.15) is 6.42 Å². The molecule has 1 rings (SSSR count). The van der Waals surface area contributed by atoms with E-state index in [1.807, 2.05) is 0 Å². The fraction of sp³-hybridized carbons (Fsp3) is 0.300. The lowest BCUT2D eigenvalue weighted by molar-refractivity contribution is -0.390. The molecule has 0 aliphatic heterocycles. The summed E-state index contributed by atoms with van der Waals surface area (Å²) in [6.07, 6.45) is -0.0706. The van der Waals surface area contributed by atoms with E-state index in [2.05, 4.69) is 0 Å². The first-order valence-electron chi connectivity index (χ1n) is 5.08. The highest BCUT2D eigenvalue weighted by Gasteiger charge is 2.32. The number of nitro groups is 1. The van der Waals surface area contributed by atoms with Crippen LogP contribution in [0.3, 0.4) is 0 Å². The van der Waals surface area contributed by atoms with Gasteiger partial charge in [0.2, 0.25) is 15.8 Å². The number of nitrogens with zero attached hydrogens (tertiary/aromatic N) is 3. The van der Waals surface area contributed by atoms with E-state index in [0.29, 0.717) is 0 Å². The maximum atomic E-state index is 13.4. The zero-order valence-electron chi connectivity index (χ0n) is 9.91. The third-order valence-corrected chi connectivity index (χ3v) is 4.25. The first kappa shape index (κ1) is 15.0. The number of hydrogen-bond acceptors (Lipinski definition) is 5. The van der Waals surface area contributed by atoms with Gasteiger partial charge in [0.1, 0.15) is 0 Å². The molecule has 102 valence electrons. The standard InChI is InChI=1S/C10H10FN3O4S/c1-13(7-3-6-12)19(17,18)9-5-2-4-8(11)10(9)14(15)16/h2,4-5H,3,7H2,1H3. The molecule has 0 aliphatic rings. The second-order valence-electron chi connectivity index (χ2n) is 3.58. The molecule has 0 heterocycles. The maximum absolute atomic E-state index is 13.4. The van der Waals surface area contributed by atoms with Crippen LogP contribution < -0.4 is 0 Å². The molecule has 0 saturated carbocycles. The Morgan fingerprint density at radius 3 is 2.68 bits per heavy atom. The summed E-state index contributed by atoms with van der Waals surface area (Å²) < 4.78 is 38.3. The first-order chi connectivity index (χ1) is 8.82. The van der Waals surface area contributed by atoms with Gasteiger partial charge in [0.25, 0.3) is 0 Å². The van der Waals surface area contributed by atoms with Crippen molar-refractivity contribution >= 4 is 15.7 Å². The van der Waals surface area contributed by atoms with E-state index in [-0.39, 0.29) is 13.0 Å². The second kappa shape index (κ2) is 5.73. The van der Waals surface area contributed by atoms with Gasteiger partial charge in [-0.2, -0.15) is 14.0 Å². The predicted molar refractivity (Wildman–Crippen MR) is 63.1 cm³/mol. The molecule has 0 unspecified atom stereocenters. The second-order valence-corrected chi connectivity index (χ2v) is 5.59. The molecular weight excluding hydrogens is 277 g/mol. The summed E-state index contributed by atoms with van der Waals surface area (Å²) in [5, 5.41) is 19.2. The molecule has 0 fully saturated rings. The minimum Gasteiger partial charge on any atom is -0.258 e. The number of nitriles is 1. The Hall–Kier alpha value is -2.05. The van der Waals surface area contributed by atoms with Gasteiger partial charge in [0, 0.05) is 20.0 Å². The summed E-state index contributed by atoms with van der Waals surface area (Å²) in [6.45, 7) is -0.132. The average Bonchev–Trinajstić information content (AvgIpc) is 2.34. The van der Waals surface area contributed by atoms with Crippen LogP contribution in [0.25, 0.3) is 0 Å². The number of hydrogen-bond donors (Lipinski definition) is 0. The van der Waals surface area contributed by atoms with Gasteiger partial charge in [-0.05, 0) is 12.1 Å². The topological polar surface area (TPSA) is 104 Å². The Labute approximate surface area is 109 Å². The van der Waals surface area contributed by atoms with Crippen molar-refractivity contribution in [3.63, 3.8) is 0 Å². The van der Waals surface area contributed by atoms with Crippen LogP contribution in [0.15, 0.2) is 23.1 Å². The molecule has 0 spiro atoms. The van der Waals surface area contributed by atoms with E-state index in [0.717, 1.165) is 22.5 Å². The molecule has 19 heavy (non-hydrogen) atoms. The van der Waals surface area contributed by atoms with E-state index >= 15 is 0 Å². The van der Waals surface area contributed by atoms with Crippen molar-refractivity contribution < 1.29 is 17.7 Å². The summed E-state index contributed by atoms with van der Waals surface area (Å²) in [7, 11) is -3.04. The molecule has 1 aromatic carbocycles. The Morgan fingerprint density at radius 1 is 1.53 bits per heavy atom. The molecule has 0 aliphatic carbocycles. The van der Waals surface area contributed by atoms with Crippen molar-refractivity contribution in [2.24, 2.45) is 0 Å². The van der Waals surface area contributed by atoms with Crippen molar-refractivity contribution in [3.05, 3.63) is 34.1 Å². The summed E-state index contributed by atoms with van der Waals surface area (Å²) >= 11 is 0. The van der Waals surface area contributed by atoms with Crippen molar-refractivity contribution in [1.29, 1.82) is 5.26 Å². The van der Waals surface area contributed by atoms with Crippen molar-refractivity contribution in [3.8, 4) is 6.07 Å². The largest absolute Gasteiger partial charge is 0.324 e. The zero-order valence-corrected chi connectivity index (χ0v) is 10.7. The van der Waals surface area contributed by atoms with Crippen LogP contribution in [0.2, 0.25) is 0 Å². The number of benzene rings is 1. The van der Waals surface area contributed by atoms with Gasteiger partial charge in [0.15, 0.2) is 4.90 Å². The molecule has 0 aromatic heterocycles.